The summed E-state index contributed by atoms with van der Waals surface area (Å²) in [6.45, 7) is 2.38. The Morgan fingerprint density at radius 3 is 3.11 bits per heavy atom. The molecule has 0 amide bonds. The van der Waals surface area contributed by atoms with Gasteiger partial charge in [-0.2, -0.15) is 0 Å². The summed E-state index contributed by atoms with van der Waals surface area (Å²) >= 11 is 0. The van der Waals surface area contributed by atoms with Gasteiger partial charge in [0.25, 0.3) is 0 Å². The monoisotopic (exact) mass is 244 g/mol. The van der Waals surface area contributed by atoms with E-state index in [0.29, 0.717) is 6.61 Å². The number of nitrogens with one attached hydrogen (secondary N) is 1. The fourth-order valence-electron chi connectivity index (χ4n) is 2.22. The topological polar surface area (TPSA) is 43.4 Å². The standard InChI is InChI=1S/C14H16N2O2/c1-17-12-2-3-13-10(7-12)6-11(8-16-13)14-9-18-5-4-15-14/h2-3,6-8,14-15H,4-5,9H2,1H3. The van der Waals surface area contributed by atoms with Crippen molar-refractivity contribution in [3.63, 3.8) is 0 Å². The number of benzene rings is 1. The summed E-state index contributed by atoms with van der Waals surface area (Å²) < 4.78 is 10.7. The van der Waals surface area contributed by atoms with E-state index in [1.807, 2.05) is 24.4 Å². The predicted octanol–water partition coefficient (Wildman–Crippen LogP) is 1.90. The van der Waals surface area contributed by atoms with Crippen molar-refractivity contribution in [1.29, 1.82) is 0 Å². The van der Waals surface area contributed by atoms with Gasteiger partial charge in [-0.1, -0.05) is 0 Å². The average Bonchev–Trinajstić information content (AvgIpc) is 2.47. The van der Waals surface area contributed by atoms with Gasteiger partial charge in [-0.15, -0.1) is 0 Å². The maximum atomic E-state index is 5.48. The second-order valence-corrected chi connectivity index (χ2v) is 4.41. The minimum atomic E-state index is 0.238. The molecule has 2 heterocycles. The van der Waals surface area contributed by atoms with Gasteiger partial charge in [0.2, 0.25) is 0 Å². The number of hydrogen-bond donors (Lipinski definition) is 1. The molecular weight excluding hydrogens is 228 g/mol. The van der Waals surface area contributed by atoms with Gasteiger partial charge < -0.3 is 14.8 Å². The largest absolute Gasteiger partial charge is 0.497 e. The molecule has 1 fully saturated rings. The molecule has 0 spiro atoms. The highest BCUT2D eigenvalue weighted by molar-refractivity contribution is 5.80. The zero-order valence-electron chi connectivity index (χ0n) is 10.3. The minimum absolute atomic E-state index is 0.238. The van der Waals surface area contributed by atoms with E-state index in [4.69, 9.17) is 9.47 Å². The van der Waals surface area contributed by atoms with E-state index < -0.39 is 0 Å². The predicted molar refractivity (Wildman–Crippen MR) is 69.9 cm³/mol. The van der Waals surface area contributed by atoms with Crippen molar-refractivity contribution in [2.45, 2.75) is 6.04 Å². The van der Waals surface area contributed by atoms with Gasteiger partial charge in [-0.3, -0.25) is 4.98 Å². The first-order valence-electron chi connectivity index (χ1n) is 6.11. The lowest BCUT2D eigenvalue weighted by Gasteiger charge is -2.24. The van der Waals surface area contributed by atoms with E-state index >= 15 is 0 Å². The molecule has 0 radical (unpaired) electrons. The van der Waals surface area contributed by atoms with Gasteiger partial charge in [0, 0.05) is 18.1 Å². The summed E-state index contributed by atoms with van der Waals surface area (Å²) in [5.41, 5.74) is 2.15. The third-order valence-electron chi connectivity index (χ3n) is 3.23. The Labute approximate surface area is 106 Å². The molecule has 0 bridgehead atoms. The lowest BCUT2D eigenvalue weighted by Crippen LogP contribution is -2.34. The van der Waals surface area contributed by atoms with Crippen LogP contribution in [0.1, 0.15) is 11.6 Å². The van der Waals surface area contributed by atoms with Gasteiger partial charge in [0.05, 0.1) is 31.9 Å². The molecule has 1 aromatic carbocycles. The molecule has 1 N–H and O–H groups in total. The molecule has 3 rings (SSSR count). The Morgan fingerprint density at radius 1 is 1.39 bits per heavy atom. The van der Waals surface area contributed by atoms with Crippen LogP contribution in [-0.2, 0) is 4.74 Å². The third-order valence-corrected chi connectivity index (χ3v) is 3.23. The number of hydrogen-bond acceptors (Lipinski definition) is 4. The van der Waals surface area contributed by atoms with Crippen LogP contribution in [0.4, 0.5) is 0 Å². The van der Waals surface area contributed by atoms with Gasteiger partial charge in [-0.05, 0) is 29.8 Å². The summed E-state index contributed by atoms with van der Waals surface area (Å²) in [6, 6.07) is 8.30. The SMILES string of the molecule is COc1ccc2ncc(C3COCCN3)cc2c1. The van der Waals surface area contributed by atoms with Crippen molar-refractivity contribution < 1.29 is 9.47 Å². The second kappa shape index (κ2) is 4.92. The molecule has 1 unspecified atom stereocenters. The highest BCUT2D eigenvalue weighted by Gasteiger charge is 2.15. The zero-order chi connectivity index (χ0) is 12.4. The molecule has 1 aromatic heterocycles. The molecule has 4 nitrogen and oxygen atoms in total. The van der Waals surface area contributed by atoms with Crippen molar-refractivity contribution >= 4 is 10.9 Å². The fourth-order valence-corrected chi connectivity index (χ4v) is 2.22. The Hall–Kier alpha value is -1.65. The number of nitrogens with zero attached hydrogens (tertiary/aromatic N) is 1. The number of ether oxygens (including phenoxy) is 2. The van der Waals surface area contributed by atoms with Crippen molar-refractivity contribution in [2.75, 3.05) is 26.9 Å². The van der Waals surface area contributed by atoms with E-state index in [1.54, 1.807) is 7.11 Å². The number of pyridine rings is 1. The lowest BCUT2D eigenvalue weighted by atomic mass is 10.1. The summed E-state index contributed by atoms with van der Waals surface area (Å²) in [4.78, 5) is 4.48. The van der Waals surface area contributed by atoms with Crippen LogP contribution >= 0.6 is 0 Å². The molecule has 0 saturated carbocycles. The fraction of sp³-hybridized carbons (Fsp3) is 0.357. The van der Waals surface area contributed by atoms with Gasteiger partial charge in [0.15, 0.2) is 0 Å². The minimum Gasteiger partial charge on any atom is -0.497 e. The molecule has 94 valence electrons. The van der Waals surface area contributed by atoms with Crippen LogP contribution in [-0.4, -0.2) is 31.9 Å². The smallest absolute Gasteiger partial charge is 0.119 e. The molecule has 1 atom stereocenters. The molecule has 0 aliphatic carbocycles. The first-order valence-corrected chi connectivity index (χ1v) is 6.11. The number of aromatic nitrogens is 1. The number of methoxy groups -OCH3 is 1. The summed E-state index contributed by atoms with van der Waals surface area (Å²) in [6.07, 6.45) is 1.92. The first kappa shape index (κ1) is 11.4. The van der Waals surface area contributed by atoms with E-state index in [9.17, 15) is 0 Å². The Kier molecular flexibility index (Phi) is 3.13. The molecule has 1 aliphatic heterocycles. The molecule has 2 aromatic rings. The van der Waals surface area contributed by atoms with Crippen LogP contribution in [0.2, 0.25) is 0 Å². The Morgan fingerprint density at radius 2 is 2.33 bits per heavy atom. The lowest BCUT2D eigenvalue weighted by molar-refractivity contribution is 0.0768. The van der Waals surface area contributed by atoms with Crippen LogP contribution in [0.3, 0.4) is 0 Å². The molecule has 1 aliphatic rings. The van der Waals surface area contributed by atoms with E-state index in [1.165, 1.54) is 0 Å². The van der Waals surface area contributed by atoms with Crippen molar-refractivity contribution in [2.24, 2.45) is 0 Å². The number of rotatable bonds is 2. The van der Waals surface area contributed by atoms with Crippen molar-refractivity contribution in [3.8, 4) is 5.75 Å². The van der Waals surface area contributed by atoms with Crippen molar-refractivity contribution in [1.82, 2.24) is 10.3 Å². The maximum absolute atomic E-state index is 5.48. The first-order chi connectivity index (χ1) is 8.86. The highest BCUT2D eigenvalue weighted by Crippen LogP contribution is 2.23. The molecule has 18 heavy (non-hydrogen) atoms. The van der Waals surface area contributed by atoms with E-state index in [2.05, 4.69) is 16.4 Å². The van der Waals surface area contributed by atoms with Crippen LogP contribution in [0.25, 0.3) is 10.9 Å². The Balaban J connectivity index is 1.97. The molecular formula is C14H16N2O2. The van der Waals surface area contributed by atoms with Gasteiger partial charge in [0.1, 0.15) is 5.75 Å². The van der Waals surface area contributed by atoms with Gasteiger partial charge in [-0.25, -0.2) is 0 Å². The Bertz CT molecular complexity index is 550. The highest BCUT2D eigenvalue weighted by atomic mass is 16.5. The van der Waals surface area contributed by atoms with Crippen LogP contribution in [0, 0.1) is 0 Å². The van der Waals surface area contributed by atoms with Crippen LogP contribution < -0.4 is 10.1 Å². The maximum Gasteiger partial charge on any atom is 0.119 e. The normalized spacial score (nSPS) is 19.9. The average molecular weight is 244 g/mol. The number of fused-ring (bicyclic) bond motifs is 1. The second-order valence-electron chi connectivity index (χ2n) is 4.41. The molecule has 4 heteroatoms. The van der Waals surface area contributed by atoms with Crippen LogP contribution in [0.5, 0.6) is 5.75 Å². The van der Waals surface area contributed by atoms with Crippen LogP contribution in [0.15, 0.2) is 30.5 Å². The molecule has 1 saturated heterocycles. The summed E-state index contributed by atoms with van der Waals surface area (Å²) in [5, 5.41) is 4.53. The number of morpholine rings is 1. The summed E-state index contributed by atoms with van der Waals surface area (Å²) in [5.74, 6) is 0.856. The van der Waals surface area contributed by atoms with Gasteiger partial charge >= 0.3 is 0 Å². The van der Waals surface area contributed by atoms with Crippen molar-refractivity contribution in [3.05, 3.63) is 36.0 Å². The third kappa shape index (κ3) is 2.17. The zero-order valence-corrected chi connectivity index (χ0v) is 10.3. The van der Waals surface area contributed by atoms with E-state index in [0.717, 1.165) is 35.4 Å². The summed E-state index contributed by atoms with van der Waals surface area (Å²) in [7, 11) is 1.68. The van der Waals surface area contributed by atoms with E-state index in [-0.39, 0.29) is 6.04 Å². The quantitative estimate of drug-likeness (QED) is 0.876.